The maximum atomic E-state index is 6.33. The lowest BCUT2D eigenvalue weighted by Gasteiger charge is -2.27. The topological polar surface area (TPSA) is 15.3 Å². The molecule has 1 atom stereocenters. The van der Waals surface area contributed by atoms with Crippen molar-refractivity contribution in [1.82, 2.24) is 10.2 Å². The van der Waals surface area contributed by atoms with Crippen LogP contribution in [0.4, 0.5) is 0 Å². The summed E-state index contributed by atoms with van der Waals surface area (Å²) >= 11 is 6.33. The van der Waals surface area contributed by atoms with E-state index in [1.165, 1.54) is 37.9 Å². The third-order valence-electron chi connectivity index (χ3n) is 5.38. The van der Waals surface area contributed by atoms with Crippen LogP contribution in [0.15, 0.2) is 24.3 Å². The number of rotatable bonds is 7. The van der Waals surface area contributed by atoms with Crippen molar-refractivity contribution in [3.63, 3.8) is 0 Å². The summed E-state index contributed by atoms with van der Waals surface area (Å²) in [6.07, 6.45) is 5.08. The fraction of sp³-hybridized carbons (Fsp3) is 0.667. The van der Waals surface area contributed by atoms with Crippen LogP contribution in [0.3, 0.4) is 0 Å². The average molecular weight is 309 g/mol. The molecule has 1 aliphatic heterocycles. The van der Waals surface area contributed by atoms with Crippen LogP contribution in [0, 0.1) is 5.41 Å². The van der Waals surface area contributed by atoms with Crippen molar-refractivity contribution in [2.75, 3.05) is 26.7 Å². The minimum absolute atomic E-state index is 0.344. The third-order valence-corrected chi connectivity index (χ3v) is 5.72. The molecule has 1 N–H and O–H groups in total. The van der Waals surface area contributed by atoms with E-state index in [4.69, 9.17) is 11.6 Å². The highest BCUT2D eigenvalue weighted by atomic mass is 35.5. The Hall–Kier alpha value is -0.570. The van der Waals surface area contributed by atoms with Crippen molar-refractivity contribution < 1.29 is 0 Å². The molecule has 0 aromatic heterocycles. The Balaban J connectivity index is 1.92. The molecule has 1 aromatic rings. The summed E-state index contributed by atoms with van der Waals surface area (Å²) < 4.78 is 0. The molecule has 0 amide bonds. The second kappa shape index (κ2) is 7.62. The van der Waals surface area contributed by atoms with E-state index in [0.717, 1.165) is 18.0 Å². The fourth-order valence-corrected chi connectivity index (χ4v) is 3.84. The number of likely N-dealkylation sites (tertiary alicyclic amines) is 1. The maximum Gasteiger partial charge on any atom is 0.0453 e. The van der Waals surface area contributed by atoms with Crippen LogP contribution in [0.2, 0.25) is 5.02 Å². The van der Waals surface area contributed by atoms with Crippen molar-refractivity contribution >= 4 is 11.6 Å². The first-order valence-corrected chi connectivity index (χ1v) is 8.66. The normalized spacial score (nSPS) is 19.8. The van der Waals surface area contributed by atoms with Crippen LogP contribution < -0.4 is 5.32 Å². The van der Waals surface area contributed by atoms with Crippen LogP contribution in [0.1, 0.15) is 51.1 Å². The number of benzene rings is 1. The minimum Gasteiger partial charge on any atom is -0.313 e. The molecule has 118 valence electrons. The van der Waals surface area contributed by atoms with Crippen LogP contribution >= 0.6 is 11.6 Å². The zero-order valence-corrected chi connectivity index (χ0v) is 14.4. The van der Waals surface area contributed by atoms with Gasteiger partial charge >= 0.3 is 0 Å². The van der Waals surface area contributed by atoms with Gasteiger partial charge in [-0.1, -0.05) is 43.6 Å². The molecule has 1 unspecified atom stereocenters. The van der Waals surface area contributed by atoms with E-state index in [1.807, 2.05) is 19.2 Å². The van der Waals surface area contributed by atoms with Gasteiger partial charge < -0.3 is 10.2 Å². The highest BCUT2D eigenvalue weighted by Crippen LogP contribution is 2.37. The number of nitrogens with zero attached hydrogens (tertiary/aromatic N) is 1. The summed E-state index contributed by atoms with van der Waals surface area (Å²) in [4.78, 5) is 2.63. The molecular weight excluding hydrogens is 280 g/mol. The highest BCUT2D eigenvalue weighted by molar-refractivity contribution is 6.31. The van der Waals surface area contributed by atoms with Gasteiger partial charge in [0.2, 0.25) is 0 Å². The first-order valence-electron chi connectivity index (χ1n) is 8.28. The minimum atomic E-state index is 0.344. The zero-order chi connectivity index (χ0) is 15.3. The van der Waals surface area contributed by atoms with Gasteiger partial charge in [0, 0.05) is 17.6 Å². The average Bonchev–Trinajstić information content (AvgIpc) is 2.94. The number of hydrogen-bond acceptors (Lipinski definition) is 2. The lowest BCUT2D eigenvalue weighted by molar-refractivity contribution is 0.234. The lowest BCUT2D eigenvalue weighted by atomic mass is 9.82. The van der Waals surface area contributed by atoms with E-state index < -0.39 is 0 Å². The monoisotopic (exact) mass is 308 g/mol. The highest BCUT2D eigenvalue weighted by Gasteiger charge is 2.34. The van der Waals surface area contributed by atoms with Crippen molar-refractivity contribution in [1.29, 1.82) is 0 Å². The van der Waals surface area contributed by atoms with Gasteiger partial charge in [-0.25, -0.2) is 0 Å². The van der Waals surface area contributed by atoms with E-state index in [1.54, 1.807) is 0 Å². The molecule has 1 aromatic carbocycles. The van der Waals surface area contributed by atoms with Gasteiger partial charge in [0.1, 0.15) is 0 Å². The van der Waals surface area contributed by atoms with Gasteiger partial charge in [0.05, 0.1) is 0 Å². The Morgan fingerprint density at radius 1 is 1.29 bits per heavy atom. The third kappa shape index (κ3) is 4.00. The second-order valence-corrected chi connectivity index (χ2v) is 6.79. The summed E-state index contributed by atoms with van der Waals surface area (Å²) in [5.41, 5.74) is 1.79. The van der Waals surface area contributed by atoms with Gasteiger partial charge in [0.25, 0.3) is 0 Å². The summed E-state index contributed by atoms with van der Waals surface area (Å²) in [6.45, 7) is 8.35. The number of halogens is 1. The Labute approximate surface area is 134 Å². The first-order chi connectivity index (χ1) is 10.1. The summed E-state index contributed by atoms with van der Waals surface area (Å²) in [6, 6.07) is 8.53. The van der Waals surface area contributed by atoms with E-state index in [9.17, 15) is 0 Å². The SMILES string of the molecule is CCC1(CC)CCN(CCC(NC)c2ccccc2Cl)C1. The molecule has 2 rings (SSSR count). The van der Waals surface area contributed by atoms with Crippen molar-refractivity contribution in [3.8, 4) is 0 Å². The predicted molar refractivity (Wildman–Crippen MR) is 91.9 cm³/mol. The zero-order valence-electron chi connectivity index (χ0n) is 13.7. The number of nitrogens with one attached hydrogen (secondary N) is 1. The molecule has 1 heterocycles. The van der Waals surface area contributed by atoms with Crippen molar-refractivity contribution in [2.24, 2.45) is 5.41 Å². The molecule has 0 bridgehead atoms. The summed E-state index contributed by atoms with van der Waals surface area (Å²) in [7, 11) is 2.03. The molecule has 0 aliphatic carbocycles. The fourth-order valence-electron chi connectivity index (χ4n) is 3.57. The van der Waals surface area contributed by atoms with E-state index >= 15 is 0 Å². The van der Waals surface area contributed by atoms with E-state index in [2.05, 4.69) is 36.2 Å². The van der Waals surface area contributed by atoms with Gasteiger partial charge in [-0.3, -0.25) is 0 Å². The molecule has 0 spiro atoms. The molecule has 1 saturated heterocycles. The van der Waals surface area contributed by atoms with Gasteiger partial charge in [-0.15, -0.1) is 0 Å². The summed E-state index contributed by atoms with van der Waals surface area (Å²) in [5.74, 6) is 0. The molecule has 0 saturated carbocycles. The van der Waals surface area contributed by atoms with Crippen LogP contribution in [0.25, 0.3) is 0 Å². The summed E-state index contributed by atoms with van der Waals surface area (Å²) in [5, 5.41) is 4.29. The van der Waals surface area contributed by atoms with E-state index in [0.29, 0.717) is 11.5 Å². The van der Waals surface area contributed by atoms with Crippen LogP contribution in [-0.2, 0) is 0 Å². The Bertz CT molecular complexity index is 443. The van der Waals surface area contributed by atoms with Gasteiger partial charge in [-0.05, 0) is 62.9 Å². The van der Waals surface area contributed by atoms with Crippen LogP contribution in [0.5, 0.6) is 0 Å². The predicted octanol–water partition coefficient (Wildman–Crippen LogP) is 4.50. The largest absolute Gasteiger partial charge is 0.313 e. The Morgan fingerprint density at radius 2 is 2.00 bits per heavy atom. The molecule has 1 fully saturated rings. The van der Waals surface area contributed by atoms with Crippen LogP contribution in [-0.4, -0.2) is 31.6 Å². The molecule has 3 heteroatoms. The first kappa shape index (κ1) is 16.8. The molecular formula is C18H29ClN2. The van der Waals surface area contributed by atoms with Gasteiger partial charge in [0.15, 0.2) is 0 Å². The van der Waals surface area contributed by atoms with Crippen molar-refractivity contribution in [2.45, 2.75) is 45.6 Å². The molecule has 21 heavy (non-hydrogen) atoms. The Kier molecular flexibility index (Phi) is 6.09. The lowest BCUT2D eigenvalue weighted by Crippen LogP contribution is -2.29. The standard InChI is InChI=1S/C18H29ClN2/c1-4-18(5-2)11-13-21(14-18)12-10-17(20-3)15-8-6-7-9-16(15)19/h6-9,17,20H,4-5,10-14H2,1-3H3. The smallest absolute Gasteiger partial charge is 0.0453 e. The van der Waals surface area contributed by atoms with Gasteiger partial charge in [-0.2, -0.15) is 0 Å². The second-order valence-electron chi connectivity index (χ2n) is 6.38. The molecule has 2 nitrogen and oxygen atoms in total. The Morgan fingerprint density at radius 3 is 2.57 bits per heavy atom. The maximum absolute atomic E-state index is 6.33. The van der Waals surface area contributed by atoms with E-state index in [-0.39, 0.29) is 0 Å². The molecule has 1 aliphatic rings. The quantitative estimate of drug-likeness (QED) is 0.797. The van der Waals surface area contributed by atoms with Crippen molar-refractivity contribution in [3.05, 3.63) is 34.9 Å². The number of hydrogen-bond donors (Lipinski definition) is 1. The molecule has 0 radical (unpaired) electrons.